The first-order chi connectivity index (χ1) is 29.2. The molecule has 1 aliphatic carbocycles. The van der Waals surface area contributed by atoms with Crippen LogP contribution in [0.5, 0.6) is 0 Å². The van der Waals surface area contributed by atoms with Gasteiger partial charge in [0.2, 0.25) is 0 Å². The molecule has 5 rings (SSSR count). The molecule has 0 spiro atoms. The van der Waals surface area contributed by atoms with E-state index in [1.807, 2.05) is 0 Å². The van der Waals surface area contributed by atoms with E-state index in [0.29, 0.717) is 13.2 Å². The van der Waals surface area contributed by atoms with Crippen LogP contribution < -0.4 is 10.9 Å². The molecular weight excluding hydrogens is 806 g/mol. The predicted molar refractivity (Wildman–Crippen MR) is 262 cm³/mol. The Balaban J connectivity index is 1.81. The van der Waals surface area contributed by atoms with Crippen molar-refractivity contribution < 1.29 is 36.9 Å². The highest BCUT2D eigenvalue weighted by Crippen LogP contribution is 2.53. The van der Waals surface area contributed by atoms with Gasteiger partial charge >= 0.3 is 14.2 Å². The fourth-order valence-corrected chi connectivity index (χ4v) is 14.5. The molecule has 2 heterocycles. The van der Waals surface area contributed by atoms with Gasteiger partial charge in [-0.15, -0.1) is 0 Å². The molecule has 0 radical (unpaired) electrons. The lowest BCUT2D eigenvalue weighted by molar-refractivity contribution is 0.00296. The molecule has 344 valence electrons. The fraction of sp³-hybridized carbons (Fsp3) is 0.680. The number of hydrogen-bond acceptors (Lipinski definition) is 8. The largest absolute Gasteiger partial charge is 0.494 e. The van der Waals surface area contributed by atoms with Gasteiger partial charge in [-0.1, -0.05) is 117 Å². The Kier molecular flexibility index (Phi) is 16.2. The normalized spacial score (nSPS) is 24.3. The highest BCUT2D eigenvalue weighted by Gasteiger charge is 2.57. The molecule has 0 amide bonds. The number of benzene rings is 2. The predicted octanol–water partition coefficient (Wildman–Crippen LogP) is 11.8. The highest BCUT2D eigenvalue weighted by molar-refractivity contribution is 6.74. The lowest BCUT2D eigenvalue weighted by atomic mass is 9.74. The first-order valence-corrected chi connectivity index (χ1v) is 29.3. The zero-order valence-corrected chi connectivity index (χ0v) is 43.7. The number of ether oxygens (including phenoxy) is 2. The molecule has 0 aromatic heterocycles. The lowest BCUT2D eigenvalue weighted by Gasteiger charge is -2.49. The maximum absolute atomic E-state index is 7.93. The molecule has 8 nitrogen and oxygen atoms in total. The molecule has 2 fully saturated rings. The van der Waals surface area contributed by atoms with Gasteiger partial charge in [0, 0.05) is 12.2 Å². The third-order valence-corrected chi connectivity index (χ3v) is 24.5. The van der Waals surface area contributed by atoms with Crippen molar-refractivity contribution in [2.24, 2.45) is 0 Å². The van der Waals surface area contributed by atoms with Crippen molar-refractivity contribution in [2.75, 3.05) is 13.2 Å². The smallest absolute Gasteiger partial charge is 0.494 e. The summed E-state index contributed by atoms with van der Waals surface area (Å²) in [7, 11) is -5.69. The number of rotatable bonds is 22. The molecule has 2 atom stereocenters. The van der Waals surface area contributed by atoms with Gasteiger partial charge in [0.25, 0.3) is 0 Å². The second-order valence-electron chi connectivity index (χ2n) is 20.0. The fourth-order valence-electron chi connectivity index (χ4n) is 8.76. The Labute approximate surface area is 380 Å². The molecule has 0 N–H and O–H groups in total. The zero-order chi connectivity index (χ0) is 45.8. The van der Waals surface area contributed by atoms with Crippen molar-refractivity contribution in [3.8, 4) is 0 Å². The average molecular weight is 889 g/mol. The SMILES string of the molecule is CCCCOC1=CC(O[Si](CC)(CC)CC)(c2ccc(B3OC(C)(C)C(C)(C)O3)cc2)C(OCCCC)=CC1(O[Si](CC)(CC)CC)c1ccc(B2OC(C)(C)C(C)(C)O2)cc1. The van der Waals surface area contributed by atoms with E-state index in [9.17, 15) is 0 Å². The minimum atomic E-state index is -2.36. The third-order valence-electron chi connectivity index (χ3n) is 15.3. The highest BCUT2D eigenvalue weighted by atomic mass is 28.4. The Morgan fingerprint density at radius 2 is 0.710 bits per heavy atom. The van der Waals surface area contributed by atoms with Gasteiger partial charge in [-0.3, -0.25) is 0 Å². The van der Waals surface area contributed by atoms with Crippen molar-refractivity contribution in [3.05, 3.63) is 83.3 Å². The summed E-state index contributed by atoms with van der Waals surface area (Å²) in [5.74, 6) is 1.51. The molecule has 3 aliphatic rings. The van der Waals surface area contributed by atoms with Gasteiger partial charge in [0.15, 0.2) is 27.8 Å². The van der Waals surface area contributed by atoms with Crippen LogP contribution in [0.4, 0.5) is 0 Å². The van der Waals surface area contributed by atoms with Crippen molar-refractivity contribution in [3.63, 3.8) is 0 Å². The van der Waals surface area contributed by atoms with Crippen molar-refractivity contribution in [1.82, 2.24) is 0 Å². The molecule has 2 unspecified atom stereocenters. The van der Waals surface area contributed by atoms with Gasteiger partial charge < -0.3 is 36.9 Å². The summed E-state index contributed by atoms with van der Waals surface area (Å²) >= 11 is 0. The molecule has 0 saturated carbocycles. The number of unbranched alkanes of at least 4 members (excludes halogenated alkanes) is 2. The van der Waals surface area contributed by atoms with E-state index in [0.717, 1.165) is 95.5 Å². The Morgan fingerprint density at radius 1 is 0.435 bits per heavy atom. The minimum Gasteiger partial charge on any atom is -0.494 e. The summed E-state index contributed by atoms with van der Waals surface area (Å²) in [4.78, 5) is 0. The molecule has 2 saturated heterocycles. The van der Waals surface area contributed by atoms with Gasteiger partial charge in [-0.05, 0) is 127 Å². The summed E-state index contributed by atoms with van der Waals surface area (Å²) in [6.45, 7) is 36.0. The second kappa shape index (κ2) is 19.8. The molecule has 12 heteroatoms. The van der Waals surface area contributed by atoms with E-state index in [4.69, 9.17) is 36.9 Å². The van der Waals surface area contributed by atoms with Crippen LogP contribution in [-0.2, 0) is 48.1 Å². The van der Waals surface area contributed by atoms with E-state index in [2.05, 4.69) is 171 Å². The van der Waals surface area contributed by atoms with E-state index in [1.54, 1.807) is 0 Å². The first kappa shape index (κ1) is 50.8. The monoisotopic (exact) mass is 889 g/mol. The van der Waals surface area contributed by atoms with Crippen LogP contribution in [-0.4, -0.2) is 66.5 Å². The van der Waals surface area contributed by atoms with Crippen LogP contribution >= 0.6 is 0 Å². The topological polar surface area (TPSA) is 73.8 Å². The molecule has 2 aromatic rings. The minimum absolute atomic E-state index is 0.449. The molecular formula is C50H82B2O8Si2. The zero-order valence-electron chi connectivity index (χ0n) is 41.7. The Bertz CT molecular complexity index is 1660. The molecule has 2 aliphatic heterocycles. The third kappa shape index (κ3) is 9.84. The van der Waals surface area contributed by atoms with Crippen molar-refractivity contribution in [2.45, 2.75) is 206 Å². The van der Waals surface area contributed by atoms with Crippen LogP contribution in [0.25, 0.3) is 0 Å². The average Bonchev–Trinajstić information content (AvgIpc) is 3.62. The van der Waals surface area contributed by atoms with Gasteiger partial charge in [0.1, 0.15) is 11.5 Å². The van der Waals surface area contributed by atoms with Gasteiger partial charge in [-0.25, -0.2) is 0 Å². The quantitative estimate of drug-likeness (QED) is 0.0855. The summed E-state index contributed by atoms with van der Waals surface area (Å²) in [5.41, 5.74) is -0.0568. The van der Waals surface area contributed by atoms with Crippen LogP contribution in [0.2, 0.25) is 36.3 Å². The second-order valence-corrected chi connectivity index (χ2v) is 29.4. The van der Waals surface area contributed by atoms with E-state index < -0.39 is 64.5 Å². The van der Waals surface area contributed by atoms with E-state index in [1.165, 1.54) is 0 Å². The summed E-state index contributed by atoms with van der Waals surface area (Å²) < 4.78 is 56.3. The molecule has 62 heavy (non-hydrogen) atoms. The van der Waals surface area contributed by atoms with E-state index >= 15 is 0 Å². The first-order valence-electron chi connectivity index (χ1n) is 24.2. The molecule has 2 aromatic carbocycles. The lowest BCUT2D eigenvalue weighted by Crippen LogP contribution is -2.52. The van der Waals surface area contributed by atoms with Crippen LogP contribution in [0.15, 0.2) is 72.2 Å². The van der Waals surface area contributed by atoms with E-state index in [-0.39, 0.29) is 0 Å². The van der Waals surface area contributed by atoms with Crippen LogP contribution in [0, 0.1) is 0 Å². The van der Waals surface area contributed by atoms with Crippen molar-refractivity contribution in [1.29, 1.82) is 0 Å². The molecule has 0 bridgehead atoms. The summed E-state index contributed by atoms with van der Waals surface area (Å²) in [6.07, 6.45) is 8.34. The standard InChI is InChI=1S/C50H82B2O8Si2/c1-17-25-35-53-43-37-50(60-62(22-6,23-7)24-8,40-29-33-42(34-30-40)52-57-47(13,14)48(15,16)58-52)44(54-36-26-18-2)38-49(43,59-61(19-3,20-4)21-5)39-27-31-41(32-28-39)51-55-45(9,10)46(11,12)56-51/h27-34,37-38H,17-26,35-36H2,1-16H3. The summed E-state index contributed by atoms with van der Waals surface area (Å²) in [6, 6.07) is 23.1. The van der Waals surface area contributed by atoms with Crippen LogP contribution in [0.1, 0.15) is 148 Å². The maximum Gasteiger partial charge on any atom is 0.494 e. The number of hydrogen-bond donors (Lipinski definition) is 0. The van der Waals surface area contributed by atoms with Crippen molar-refractivity contribution >= 4 is 41.8 Å². The maximum atomic E-state index is 7.93. The Hall–Kier alpha value is -2.16. The van der Waals surface area contributed by atoms with Gasteiger partial charge in [0.05, 0.1) is 35.6 Å². The van der Waals surface area contributed by atoms with Crippen LogP contribution in [0.3, 0.4) is 0 Å². The Morgan fingerprint density at radius 3 is 0.952 bits per heavy atom. The van der Waals surface area contributed by atoms with Gasteiger partial charge in [-0.2, -0.15) is 0 Å². The summed E-state index contributed by atoms with van der Waals surface area (Å²) in [5, 5.41) is 0.